The molecule has 0 aromatic heterocycles. The first-order valence-electron chi connectivity index (χ1n) is 4.10. The van der Waals surface area contributed by atoms with Gasteiger partial charge in [-0.25, -0.2) is 0 Å². The van der Waals surface area contributed by atoms with E-state index in [9.17, 15) is 14.9 Å². The van der Waals surface area contributed by atoms with E-state index in [2.05, 4.69) is 10.2 Å². The lowest BCUT2D eigenvalue weighted by Crippen LogP contribution is -2.01. The molecule has 1 aromatic carbocycles. The summed E-state index contributed by atoms with van der Waals surface area (Å²) in [6.07, 6.45) is 0. The number of nitro groups is 1. The summed E-state index contributed by atoms with van der Waals surface area (Å²) in [6.45, 7) is 0. The van der Waals surface area contributed by atoms with Gasteiger partial charge >= 0.3 is 11.7 Å². The maximum atomic E-state index is 11.3. The molecule has 0 bridgehead atoms. The van der Waals surface area contributed by atoms with E-state index in [1.165, 1.54) is 0 Å². The van der Waals surface area contributed by atoms with Crippen molar-refractivity contribution in [3.05, 3.63) is 51.8 Å². The normalized spacial score (nSPS) is 14.8. The molecule has 0 radical (unpaired) electrons. The first-order chi connectivity index (χ1) is 7.20. The van der Waals surface area contributed by atoms with E-state index in [1.54, 1.807) is 30.3 Å². The summed E-state index contributed by atoms with van der Waals surface area (Å²) in [5.41, 5.74) is 0.403. The smallest absolute Gasteiger partial charge is 0.358 e. The summed E-state index contributed by atoms with van der Waals surface area (Å²) in [7, 11) is 0. The van der Waals surface area contributed by atoms with Gasteiger partial charge in [0, 0.05) is 5.11 Å². The summed E-state index contributed by atoms with van der Waals surface area (Å²) in [5.74, 6) is -1.17. The van der Waals surface area contributed by atoms with Gasteiger partial charge < -0.3 is 10.1 Å². The third-order valence-corrected chi connectivity index (χ3v) is 1.91. The van der Waals surface area contributed by atoms with Crippen LogP contribution in [0.25, 0.3) is 5.57 Å². The standard InChI is InChI=1S/C9H5N3O3/c13-9-7(6-4-2-1-3-5-6)8(10-11-9)12(14)15/h1-5H. The third-order valence-electron chi connectivity index (χ3n) is 1.91. The topological polar surface area (TPSA) is 84.9 Å². The molecule has 0 fully saturated rings. The number of hydrogen-bond acceptors (Lipinski definition) is 4. The summed E-state index contributed by atoms with van der Waals surface area (Å²) in [6, 6.07) is 8.33. The fourth-order valence-electron chi connectivity index (χ4n) is 1.27. The second-order valence-electron chi connectivity index (χ2n) is 2.83. The second kappa shape index (κ2) is 3.41. The SMILES string of the molecule is O=C1N=NC([N+](=O)[O-])=C1c1ccccc1. The Morgan fingerprint density at radius 1 is 1.13 bits per heavy atom. The fraction of sp³-hybridized carbons (Fsp3) is 0. The molecule has 6 nitrogen and oxygen atoms in total. The first-order valence-corrected chi connectivity index (χ1v) is 4.10. The fourth-order valence-corrected chi connectivity index (χ4v) is 1.27. The minimum absolute atomic E-state index is 0.0550. The summed E-state index contributed by atoms with van der Waals surface area (Å²) in [4.78, 5) is 21.1. The number of benzene rings is 1. The lowest BCUT2D eigenvalue weighted by Gasteiger charge is -1.97. The van der Waals surface area contributed by atoms with Crippen LogP contribution in [0.2, 0.25) is 0 Å². The maximum Gasteiger partial charge on any atom is 0.404 e. The zero-order chi connectivity index (χ0) is 10.8. The highest BCUT2D eigenvalue weighted by molar-refractivity contribution is 6.21. The lowest BCUT2D eigenvalue weighted by atomic mass is 10.1. The van der Waals surface area contributed by atoms with E-state index in [0.717, 1.165) is 0 Å². The van der Waals surface area contributed by atoms with E-state index < -0.39 is 16.7 Å². The molecule has 1 aliphatic heterocycles. The van der Waals surface area contributed by atoms with Crippen molar-refractivity contribution in [1.82, 2.24) is 0 Å². The molecule has 0 unspecified atom stereocenters. The Morgan fingerprint density at radius 3 is 2.40 bits per heavy atom. The number of rotatable bonds is 2. The van der Waals surface area contributed by atoms with Crippen LogP contribution in [0, 0.1) is 10.1 Å². The van der Waals surface area contributed by atoms with E-state index in [0.29, 0.717) is 5.56 Å². The highest BCUT2D eigenvalue weighted by atomic mass is 16.6. The van der Waals surface area contributed by atoms with E-state index >= 15 is 0 Å². The molecule has 1 aromatic rings. The lowest BCUT2D eigenvalue weighted by molar-refractivity contribution is -0.425. The minimum atomic E-state index is -0.712. The van der Waals surface area contributed by atoms with Gasteiger partial charge in [0.05, 0.1) is 5.11 Å². The zero-order valence-corrected chi connectivity index (χ0v) is 7.45. The van der Waals surface area contributed by atoms with E-state index in [4.69, 9.17) is 0 Å². The molecule has 2 rings (SSSR count). The minimum Gasteiger partial charge on any atom is -0.358 e. The molecule has 0 spiro atoms. The van der Waals surface area contributed by atoms with Crippen LogP contribution in [0.4, 0.5) is 0 Å². The van der Waals surface area contributed by atoms with Gasteiger partial charge in [-0.05, 0) is 10.5 Å². The van der Waals surface area contributed by atoms with Gasteiger partial charge in [0.25, 0.3) is 0 Å². The van der Waals surface area contributed by atoms with Crippen LogP contribution in [0.3, 0.4) is 0 Å². The molecule has 0 saturated carbocycles. The molecule has 6 heteroatoms. The number of azo groups is 1. The Morgan fingerprint density at radius 2 is 1.80 bits per heavy atom. The molecule has 74 valence electrons. The molecule has 0 N–H and O–H groups in total. The van der Waals surface area contributed by atoms with E-state index in [1.807, 2.05) is 0 Å². The van der Waals surface area contributed by atoms with Crippen LogP contribution in [0.1, 0.15) is 5.56 Å². The molecule has 1 heterocycles. The van der Waals surface area contributed by atoms with Gasteiger partial charge in [-0.3, -0.25) is 4.79 Å². The highest BCUT2D eigenvalue weighted by Gasteiger charge is 2.33. The average Bonchev–Trinajstić information content (AvgIpc) is 2.61. The van der Waals surface area contributed by atoms with Crippen LogP contribution in [0.15, 0.2) is 46.4 Å². The zero-order valence-electron chi connectivity index (χ0n) is 7.45. The molecule has 1 amide bonds. The molecule has 15 heavy (non-hydrogen) atoms. The van der Waals surface area contributed by atoms with Crippen molar-refractivity contribution in [2.75, 3.05) is 0 Å². The molecule has 0 saturated heterocycles. The number of carbonyl (C=O) groups is 1. The van der Waals surface area contributed by atoms with Crippen LogP contribution in [-0.2, 0) is 4.79 Å². The molecule has 0 aliphatic carbocycles. The van der Waals surface area contributed by atoms with Crippen molar-refractivity contribution < 1.29 is 9.72 Å². The number of nitrogens with zero attached hydrogens (tertiary/aromatic N) is 3. The van der Waals surface area contributed by atoms with Crippen molar-refractivity contribution in [3.8, 4) is 0 Å². The van der Waals surface area contributed by atoms with Gasteiger partial charge in [-0.2, -0.15) is 0 Å². The Labute approximate surface area is 84.1 Å². The largest absolute Gasteiger partial charge is 0.404 e. The van der Waals surface area contributed by atoms with Crippen molar-refractivity contribution in [3.63, 3.8) is 0 Å². The Bertz CT molecular complexity index is 491. The van der Waals surface area contributed by atoms with Gasteiger partial charge in [0.15, 0.2) is 5.57 Å². The molecule has 0 atom stereocenters. The van der Waals surface area contributed by atoms with Crippen molar-refractivity contribution in [2.45, 2.75) is 0 Å². The van der Waals surface area contributed by atoms with Gasteiger partial charge in [0.2, 0.25) is 0 Å². The van der Waals surface area contributed by atoms with Crippen LogP contribution < -0.4 is 0 Å². The molecular formula is C9H5N3O3. The van der Waals surface area contributed by atoms with Crippen molar-refractivity contribution in [2.24, 2.45) is 10.2 Å². The van der Waals surface area contributed by atoms with Gasteiger partial charge in [0.1, 0.15) is 0 Å². The molecular weight excluding hydrogens is 198 g/mol. The third kappa shape index (κ3) is 1.52. The number of amides is 1. The summed E-state index contributed by atoms with van der Waals surface area (Å²) >= 11 is 0. The van der Waals surface area contributed by atoms with Crippen LogP contribution in [0.5, 0.6) is 0 Å². The van der Waals surface area contributed by atoms with Crippen LogP contribution >= 0.6 is 0 Å². The van der Waals surface area contributed by atoms with Gasteiger partial charge in [-0.15, -0.1) is 0 Å². The number of carbonyl (C=O) groups excluding carboxylic acids is 1. The predicted octanol–water partition coefficient (Wildman–Crippen LogP) is 1.62. The van der Waals surface area contributed by atoms with Gasteiger partial charge in [-0.1, -0.05) is 30.3 Å². The van der Waals surface area contributed by atoms with Crippen molar-refractivity contribution in [1.29, 1.82) is 0 Å². The Balaban J connectivity index is 2.57. The predicted molar refractivity (Wildman–Crippen MR) is 50.2 cm³/mol. The van der Waals surface area contributed by atoms with Crippen LogP contribution in [-0.4, -0.2) is 10.8 Å². The average molecular weight is 203 g/mol. The van der Waals surface area contributed by atoms with E-state index in [-0.39, 0.29) is 5.57 Å². The summed E-state index contributed by atoms with van der Waals surface area (Å²) in [5, 5.41) is 17.0. The molecule has 1 aliphatic rings. The number of hydrogen-bond donors (Lipinski definition) is 0. The summed E-state index contributed by atoms with van der Waals surface area (Å²) < 4.78 is 0. The van der Waals surface area contributed by atoms with Crippen molar-refractivity contribution >= 4 is 11.5 Å². The highest BCUT2D eigenvalue weighted by Crippen LogP contribution is 2.26. The quantitative estimate of drug-likeness (QED) is 0.540. The first kappa shape index (κ1) is 9.20. The Hall–Kier alpha value is -2.37. The maximum absolute atomic E-state index is 11.3. The Kier molecular flexibility index (Phi) is 2.09. The second-order valence-corrected chi connectivity index (χ2v) is 2.83. The monoisotopic (exact) mass is 203 g/mol.